The number of alkyl halides is 4. The average molecular weight is 452 g/mol. The fourth-order valence-electron chi connectivity index (χ4n) is 3.11. The molecular weight excluding hydrogens is 432 g/mol. The third kappa shape index (κ3) is 4.27. The third-order valence-corrected chi connectivity index (χ3v) is 6.18. The van der Waals surface area contributed by atoms with Crippen molar-refractivity contribution in [2.45, 2.75) is 55.2 Å². The van der Waals surface area contributed by atoms with Gasteiger partial charge in [-0.25, -0.2) is 9.18 Å². The Morgan fingerprint density at radius 2 is 1.97 bits per heavy atom. The standard InChI is InChI=1S/C18H20F4N2O5S/c1-17(27,18(20,21)22)13-12(28-8-9-6-4-3-5-7-9)10(19)11-14(29-13)30-15(23-11)24(2)16(25)26/h3-7,10-14,27H,8H2,1-2H3,(H,25,26)/t10-,11-,12+,13+,14-,17-/m1/s1. The molecule has 1 aromatic rings. The molecule has 12 heteroatoms. The van der Waals surface area contributed by atoms with Gasteiger partial charge in [-0.15, -0.1) is 0 Å². The van der Waals surface area contributed by atoms with Crippen molar-refractivity contribution < 1.29 is 42.0 Å². The maximum atomic E-state index is 15.3. The van der Waals surface area contributed by atoms with E-state index in [0.29, 0.717) is 24.2 Å². The number of hydrogen-bond donors (Lipinski definition) is 2. The Kier molecular flexibility index (Phi) is 6.33. The molecule has 7 nitrogen and oxygen atoms in total. The van der Waals surface area contributed by atoms with Crippen molar-refractivity contribution in [3.05, 3.63) is 35.9 Å². The van der Waals surface area contributed by atoms with E-state index in [4.69, 9.17) is 14.6 Å². The summed E-state index contributed by atoms with van der Waals surface area (Å²) in [5.41, 5.74) is -4.06. The summed E-state index contributed by atoms with van der Waals surface area (Å²) < 4.78 is 66.7. The van der Waals surface area contributed by atoms with Gasteiger partial charge in [0.15, 0.2) is 16.9 Å². The number of amides is 1. The van der Waals surface area contributed by atoms with Crippen LogP contribution >= 0.6 is 11.8 Å². The second kappa shape index (κ2) is 8.33. The summed E-state index contributed by atoms with van der Waals surface area (Å²) in [6, 6.07) is 7.13. The summed E-state index contributed by atoms with van der Waals surface area (Å²) in [4.78, 5) is 15.8. The van der Waals surface area contributed by atoms with E-state index in [1.807, 2.05) is 0 Å². The lowest BCUT2D eigenvalue weighted by atomic mass is 9.87. The number of aliphatic hydroxyl groups is 1. The van der Waals surface area contributed by atoms with E-state index in [-0.39, 0.29) is 11.8 Å². The monoisotopic (exact) mass is 452 g/mol. The molecule has 1 fully saturated rings. The van der Waals surface area contributed by atoms with E-state index in [1.54, 1.807) is 30.3 Å². The number of hydrogen-bond acceptors (Lipinski definition) is 6. The lowest BCUT2D eigenvalue weighted by Gasteiger charge is -2.45. The van der Waals surface area contributed by atoms with Crippen LogP contribution in [0.3, 0.4) is 0 Å². The van der Waals surface area contributed by atoms with Gasteiger partial charge in [0, 0.05) is 7.05 Å². The molecule has 0 unspecified atom stereocenters. The summed E-state index contributed by atoms with van der Waals surface area (Å²) in [7, 11) is 1.17. The number of rotatable bonds is 4. The van der Waals surface area contributed by atoms with Crippen molar-refractivity contribution in [1.82, 2.24) is 4.90 Å². The second-order valence-electron chi connectivity index (χ2n) is 7.14. The number of amidine groups is 1. The van der Waals surface area contributed by atoms with E-state index >= 15 is 4.39 Å². The van der Waals surface area contributed by atoms with Gasteiger partial charge >= 0.3 is 12.3 Å². The second-order valence-corrected chi connectivity index (χ2v) is 8.20. The lowest BCUT2D eigenvalue weighted by Crippen LogP contribution is -2.65. The van der Waals surface area contributed by atoms with Gasteiger partial charge in [-0.3, -0.25) is 9.89 Å². The fraction of sp³-hybridized carbons (Fsp3) is 0.556. The van der Waals surface area contributed by atoms with Crippen LogP contribution in [0.5, 0.6) is 0 Å². The van der Waals surface area contributed by atoms with E-state index < -0.39 is 47.7 Å². The molecule has 3 rings (SSSR count). The number of aliphatic imine (C=N–C) groups is 1. The number of nitrogens with zero attached hydrogens (tertiary/aromatic N) is 2. The number of fused-ring (bicyclic) bond motifs is 1. The van der Waals surface area contributed by atoms with Crippen LogP contribution in [-0.2, 0) is 16.1 Å². The Bertz CT molecular complexity index is 808. The van der Waals surface area contributed by atoms with E-state index in [2.05, 4.69) is 4.99 Å². The topological polar surface area (TPSA) is 91.6 Å². The highest BCUT2D eigenvalue weighted by molar-refractivity contribution is 8.14. The molecule has 0 aromatic heterocycles. The zero-order chi connectivity index (χ0) is 22.3. The van der Waals surface area contributed by atoms with E-state index in [9.17, 15) is 23.1 Å². The molecule has 0 radical (unpaired) electrons. The predicted octanol–water partition coefficient (Wildman–Crippen LogP) is 3.03. The molecule has 1 amide bonds. The first-order chi connectivity index (χ1) is 13.9. The minimum Gasteiger partial charge on any atom is -0.465 e. The summed E-state index contributed by atoms with van der Waals surface area (Å²) in [6.07, 6.45) is -12.4. The summed E-state index contributed by atoms with van der Waals surface area (Å²) >= 11 is 0.681. The van der Waals surface area contributed by atoms with Gasteiger partial charge in [0.25, 0.3) is 0 Å². The number of benzene rings is 1. The minimum atomic E-state index is -5.12. The van der Waals surface area contributed by atoms with Gasteiger partial charge in [0.05, 0.1) is 6.61 Å². The summed E-state index contributed by atoms with van der Waals surface area (Å²) in [5.74, 6) is 0. The molecule has 0 aliphatic carbocycles. The van der Waals surface area contributed by atoms with Crippen molar-refractivity contribution in [2.75, 3.05) is 7.05 Å². The molecular formula is C18H20F4N2O5S. The van der Waals surface area contributed by atoms with Crippen LogP contribution in [0, 0.1) is 0 Å². The minimum absolute atomic E-state index is 0.116. The Labute approximate surface area is 173 Å². The van der Waals surface area contributed by atoms with Crippen LogP contribution in [0.4, 0.5) is 22.4 Å². The van der Waals surface area contributed by atoms with Crippen molar-refractivity contribution >= 4 is 23.0 Å². The Balaban J connectivity index is 1.89. The Hall–Kier alpha value is -1.89. The maximum Gasteiger partial charge on any atom is 0.419 e. The van der Waals surface area contributed by atoms with Gasteiger partial charge in [-0.2, -0.15) is 13.2 Å². The summed E-state index contributed by atoms with van der Waals surface area (Å²) in [5, 5.41) is 19.2. The molecule has 1 aromatic carbocycles. The molecule has 0 spiro atoms. The number of halogens is 4. The van der Waals surface area contributed by atoms with Crippen LogP contribution in [0.15, 0.2) is 35.3 Å². The largest absolute Gasteiger partial charge is 0.465 e. The van der Waals surface area contributed by atoms with Crippen LogP contribution < -0.4 is 0 Å². The molecule has 2 heterocycles. The van der Waals surface area contributed by atoms with Crippen molar-refractivity contribution in [3.8, 4) is 0 Å². The molecule has 2 N–H and O–H groups in total. The first-order valence-electron chi connectivity index (χ1n) is 8.88. The number of thioether (sulfide) groups is 1. The molecule has 1 saturated heterocycles. The smallest absolute Gasteiger partial charge is 0.419 e. The zero-order valence-electron chi connectivity index (χ0n) is 15.9. The van der Waals surface area contributed by atoms with Crippen molar-refractivity contribution in [3.63, 3.8) is 0 Å². The third-order valence-electron chi connectivity index (χ3n) is 4.97. The number of carbonyl (C=O) groups is 1. The highest BCUT2D eigenvalue weighted by Gasteiger charge is 2.64. The van der Waals surface area contributed by atoms with Crippen molar-refractivity contribution in [1.29, 1.82) is 0 Å². The quantitative estimate of drug-likeness (QED) is 0.683. The number of carboxylic acid groups (broad SMARTS) is 1. The van der Waals surface area contributed by atoms with Gasteiger partial charge in [-0.1, -0.05) is 42.1 Å². The SMILES string of the molecule is CN(C(=O)O)C1=N[C@@H]2[C@@H](F)[C@H](OCc3ccccc3)[C@@H]([C@@](C)(O)C(F)(F)F)O[C@@H]2S1. The van der Waals surface area contributed by atoms with Crippen LogP contribution in [0.1, 0.15) is 12.5 Å². The van der Waals surface area contributed by atoms with Gasteiger partial charge < -0.3 is 19.7 Å². The number of ether oxygens (including phenoxy) is 2. The van der Waals surface area contributed by atoms with Gasteiger partial charge in [0.1, 0.15) is 23.7 Å². The molecule has 2 aliphatic rings. The maximum absolute atomic E-state index is 15.3. The Morgan fingerprint density at radius 3 is 2.53 bits per heavy atom. The van der Waals surface area contributed by atoms with Crippen molar-refractivity contribution in [2.24, 2.45) is 4.99 Å². The fourth-order valence-corrected chi connectivity index (χ4v) is 4.26. The van der Waals surface area contributed by atoms with E-state index in [1.165, 1.54) is 7.05 Å². The lowest BCUT2D eigenvalue weighted by molar-refractivity contribution is -0.319. The summed E-state index contributed by atoms with van der Waals surface area (Å²) in [6.45, 7) is 0.282. The predicted molar refractivity (Wildman–Crippen MR) is 99.9 cm³/mol. The highest BCUT2D eigenvalue weighted by atomic mass is 32.2. The average Bonchev–Trinajstić information content (AvgIpc) is 3.10. The molecule has 30 heavy (non-hydrogen) atoms. The normalized spacial score (nSPS) is 30.9. The van der Waals surface area contributed by atoms with Crippen LogP contribution in [0.25, 0.3) is 0 Å². The van der Waals surface area contributed by atoms with E-state index in [0.717, 1.165) is 4.90 Å². The molecule has 2 aliphatic heterocycles. The first-order valence-corrected chi connectivity index (χ1v) is 9.76. The van der Waals surface area contributed by atoms with Crippen LogP contribution in [0.2, 0.25) is 0 Å². The first kappa shape index (κ1) is 22.8. The molecule has 0 bridgehead atoms. The highest BCUT2D eigenvalue weighted by Crippen LogP contribution is 2.45. The zero-order valence-corrected chi connectivity index (χ0v) is 16.7. The molecule has 0 saturated carbocycles. The molecule has 6 atom stereocenters. The molecule has 166 valence electrons. The van der Waals surface area contributed by atoms with Gasteiger partial charge in [0.2, 0.25) is 0 Å². The van der Waals surface area contributed by atoms with Crippen LogP contribution in [-0.4, -0.2) is 75.1 Å². The Morgan fingerprint density at radius 1 is 1.33 bits per heavy atom. The van der Waals surface area contributed by atoms with Gasteiger partial charge in [-0.05, 0) is 12.5 Å².